The number of hydrogen-bond acceptors (Lipinski definition) is 1. The molecule has 0 bridgehead atoms. The maximum absolute atomic E-state index is 5.40. The summed E-state index contributed by atoms with van der Waals surface area (Å²) >= 11 is 0. The molecule has 0 aromatic heterocycles. The van der Waals surface area contributed by atoms with Gasteiger partial charge in [-0.15, -0.1) is 0 Å². The first-order chi connectivity index (χ1) is 4.43. The summed E-state index contributed by atoms with van der Waals surface area (Å²) in [5.41, 5.74) is 0. The van der Waals surface area contributed by atoms with Crippen LogP contribution in [0.5, 0.6) is 0 Å². The molecule has 3 heteroatoms. The third-order valence-electron chi connectivity index (χ3n) is 1.68. The Balaban J connectivity index is 0. The van der Waals surface area contributed by atoms with Crippen LogP contribution in [-0.2, 0) is 32.4 Å². The molecule has 62 valence electrons. The third kappa shape index (κ3) is 6.53. The second-order valence-corrected chi connectivity index (χ2v) is 2.58. The molecule has 1 saturated heterocycles. The van der Waals surface area contributed by atoms with Crippen molar-refractivity contribution in [1.82, 2.24) is 0 Å². The van der Waals surface area contributed by atoms with Crippen LogP contribution >= 0.6 is 0 Å². The van der Waals surface area contributed by atoms with Crippen molar-refractivity contribution in [3.05, 3.63) is 6.42 Å². The van der Waals surface area contributed by atoms with Gasteiger partial charge in [-0.2, -0.15) is 0 Å². The molecule has 0 aliphatic carbocycles. The average molecular weight is 408 g/mol. The maximum atomic E-state index is 5.40. The number of rotatable bonds is 3. The Hall–Kier alpha value is 1.38. The fourth-order valence-electron chi connectivity index (χ4n) is 1.14. The van der Waals surface area contributed by atoms with Gasteiger partial charge in [-0.1, -0.05) is 13.3 Å². The van der Waals surface area contributed by atoms with Gasteiger partial charge in [0.25, 0.3) is 0 Å². The summed E-state index contributed by atoms with van der Waals surface area (Å²) in [5, 5.41) is 0. The molecule has 1 nitrogen and oxygen atoms in total. The summed E-state index contributed by atoms with van der Waals surface area (Å²) in [7, 11) is 0. The average Bonchev–Trinajstić information content (AvgIpc) is 2.34. The first-order valence-corrected chi connectivity index (χ1v) is 3.88. The smallest absolute Gasteiger partial charge is 1.00 e. The van der Waals surface area contributed by atoms with Gasteiger partial charge in [0.15, 0.2) is 0 Å². The van der Waals surface area contributed by atoms with E-state index in [2.05, 4.69) is 13.3 Å². The fraction of sp³-hybridized carbons (Fsp3) is 0.875. The van der Waals surface area contributed by atoms with E-state index in [1.165, 1.54) is 25.7 Å². The van der Waals surface area contributed by atoms with Gasteiger partial charge in [0.05, 0.1) is 6.10 Å². The van der Waals surface area contributed by atoms with Crippen molar-refractivity contribution >= 4 is 0 Å². The van der Waals surface area contributed by atoms with Crippen LogP contribution < -0.4 is 17.0 Å². The van der Waals surface area contributed by atoms with Crippen molar-refractivity contribution in [3.8, 4) is 0 Å². The second kappa shape index (κ2) is 9.46. The molecule has 0 amide bonds. The molecule has 0 aromatic rings. The fourth-order valence-corrected chi connectivity index (χ4v) is 1.14. The number of ether oxygens (including phenoxy) is 1. The van der Waals surface area contributed by atoms with E-state index in [1.54, 1.807) is 0 Å². The van der Waals surface area contributed by atoms with Crippen molar-refractivity contribution < 1.29 is 49.4 Å². The summed E-state index contributed by atoms with van der Waals surface area (Å²) in [6.45, 7) is 3.18. The van der Waals surface area contributed by atoms with Crippen molar-refractivity contribution in [1.29, 1.82) is 0 Å². The monoisotopic (exact) mass is 408 g/mol. The van der Waals surface area contributed by atoms with Crippen molar-refractivity contribution in [2.24, 2.45) is 0 Å². The summed E-state index contributed by atoms with van der Waals surface area (Å²) in [5.74, 6) is 0. The third-order valence-corrected chi connectivity index (χ3v) is 1.68. The molecule has 2 radical (unpaired) electrons. The molecule has 0 N–H and O–H groups in total. The number of halogens is 1. The maximum Gasteiger partial charge on any atom is 1.00 e. The topological polar surface area (TPSA) is 9.23 Å². The minimum atomic E-state index is 0. The van der Waals surface area contributed by atoms with Gasteiger partial charge < -0.3 is 21.7 Å². The molecular formula is C8H15BrHgO. The van der Waals surface area contributed by atoms with Crippen molar-refractivity contribution in [2.45, 2.75) is 38.7 Å². The van der Waals surface area contributed by atoms with E-state index in [0.29, 0.717) is 6.10 Å². The molecule has 1 heterocycles. The Kier molecular flexibility index (Phi) is 12.8. The second-order valence-electron chi connectivity index (χ2n) is 2.58. The van der Waals surface area contributed by atoms with Gasteiger partial charge in [-0.25, -0.2) is 0 Å². The van der Waals surface area contributed by atoms with E-state index in [4.69, 9.17) is 4.74 Å². The van der Waals surface area contributed by atoms with Gasteiger partial charge in [0, 0.05) is 6.61 Å². The molecule has 1 atom stereocenters. The number of hydrogen-bond donors (Lipinski definition) is 0. The molecular weight excluding hydrogens is 393 g/mol. The normalized spacial score (nSPS) is 22.1. The largest absolute Gasteiger partial charge is 1.00 e. The minimum Gasteiger partial charge on any atom is -1.00 e. The van der Waals surface area contributed by atoms with E-state index < -0.39 is 0 Å². The van der Waals surface area contributed by atoms with Crippen LogP contribution in [0.4, 0.5) is 0 Å². The molecule has 0 spiro atoms. The van der Waals surface area contributed by atoms with Gasteiger partial charge in [0.2, 0.25) is 0 Å². The first-order valence-electron chi connectivity index (χ1n) is 3.88. The minimum absolute atomic E-state index is 0. The summed E-state index contributed by atoms with van der Waals surface area (Å²) < 4.78 is 5.40. The molecule has 0 unspecified atom stereocenters. The molecule has 1 rings (SSSR count). The Labute approximate surface area is 101 Å². The first kappa shape index (κ1) is 14.9. The zero-order valence-electron chi connectivity index (χ0n) is 7.18. The van der Waals surface area contributed by atoms with E-state index in [-0.39, 0.29) is 44.7 Å². The zero-order chi connectivity index (χ0) is 6.53. The van der Waals surface area contributed by atoms with Gasteiger partial charge in [0.1, 0.15) is 0 Å². The van der Waals surface area contributed by atoms with Gasteiger partial charge >= 0.3 is 27.7 Å². The zero-order valence-corrected chi connectivity index (χ0v) is 14.3. The van der Waals surface area contributed by atoms with Gasteiger partial charge in [-0.05, 0) is 25.7 Å². The van der Waals surface area contributed by atoms with Crippen LogP contribution in [0, 0.1) is 6.42 Å². The Morgan fingerprint density at radius 1 is 1.55 bits per heavy atom. The van der Waals surface area contributed by atoms with Gasteiger partial charge in [-0.3, -0.25) is 0 Å². The predicted octanol–water partition coefficient (Wildman–Crippen LogP) is -0.829. The van der Waals surface area contributed by atoms with E-state index in [0.717, 1.165) is 6.61 Å². The number of unbranched alkanes of at least 4 members (excludes halogenated alkanes) is 1. The molecule has 11 heavy (non-hydrogen) atoms. The molecule has 0 saturated carbocycles. The summed E-state index contributed by atoms with van der Waals surface area (Å²) in [6.07, 6.45) is 7.76. The van der Waals surface area contributed by atoms with E-state index >= 15 is 0 Å². The van der Waals surface area contributed by atoms with Crippen LogP contribution in [0.15, 0.2) is 0 Å². The SMILES string of the molecule is CCC[CH][C@@H]1CCCO1.[Br-].[Hg+]. The van der Waals surface area contributed by atoms with Crippen LogP contribution in [-0.4, -0.2) is 12.7 Å². The van der Waals surface area contributed by atoms with Crippen LogP contribution in [0.2, 0.25) is 0 Å². The quantitative estimate of drug-likeness (QED) is 0.555. The van der Waals surface area contributed by atoms with Crippen LogP contribution in [0.25, 0.3) is 0 Å². The predicted molar refractivity (Wildman–Crippen MR) is 38.2 cm³/mol. The Morgan fingerprint density at radius 3 is 2.73 bits per heavy atom. The standard InChI is InChI=1S/C8H15O.BrH.Hg/c1-2-3-5-8-6-4-7-9-8;;/h5,8H,2-4,6-7H2,1H3;1H;/q;;+1/p-1/t8-;;/m1../s1. The molecule has 0 aromatic carbocycles. The van der Waals surface area contributed by atoms with Crippen molar-refractivity contribution in [2.75, 3.05) is 6.61 Å². The molecule has 1 aliphatic heterocycles. The van der Waals surface area contributed by atoms with Crippen LogP contribution in [0.3, 0.4) is 0 Å². The van der Waals surface area contributed by atoms with Crippen molar-refractivity contribution in [3.63, 3.8) is 0 Å². The summed E-state index contributed by atoms with van der Waals surface area (Å²) in [4.78, 5) is 0. The van der Waals surface area contributed by atoms with E-state index in [9.17, 15) is 0 Å². The van der Waals surface area contributed by atoms with Crippen LogP contribution in [0.1, 0.15) is 32.6 Å². The molecule has 1 fully saturated rings. The molecule has 1 aliphatic rings. The Morgan fingerprint density at radius 2 is 2.27 bits per heavy atom. The summed E-state index contributed by atoms with van der Waals surface area (Å²) in [6, 6.07) is 0. The van der Waals surface area contributed by atoms with E-state index in [1.807, 2.05) is 0 Å². The Bertz CT molecular complexity index is 74.5.